The number of hydrogen-bond donors (Lipinski definition) is 1. The second-order valence-corrected chi connectivity index (χ2v) is 8.19. The maximum absolute atomic E-state index is 12.7. The molecule has 7 heteroatoms. The van der Waals surface area contributed by atoms with Crippen LogP contribution < -0.4 is 4.72 Å². The standard InChI is InChI=1S/C16H17BrN2O3S/c1-11-7-13(17)9-14(8-11)23(20,21)19-15-4-6-22-16(15)12-3-2-5-18-10-12/h2-3,5,7-10,15-16,19H,4,6H2,1H3/t15-,16+/m0/s1. The first-order valence-corrected chi connectivity index (χ1v) is 9.54. The zero-order valence-electron chi connectivity index (χ0n) is 12.6. The molecule has 0 radical (unpaired) electrons. The molecule has 23 heavy (non-hydrogen) atoms. The van der Waals surface area contributed by atoms with Gasteiger partial charge in [-0.1, -0.05) is 22.0 Å². The number of aromatic nitrogens is 1. The lowest BCUT2D eigenvalue weighted by Gasteiger charge is -2.20. The van der Waals surface area contributed by atoms with Gasteiger partial charge in [-0.25, -0.2) is 13.1 Å². The van der Waals surface area contributed by atoms with Gasteiger partial charge in [-0.3, -0.25) is 4.98 Å². The van der Waals surface area contributed by atoms with Crippen LogP contribution >= 0.6 is 15.9 Å². The molecular weight excluding hydrogens is 380 g/mol. The quantitative estimate of drug-likeness (QED) is 0.862. The normalized spacial score (nSPS) is 21.5. The molecule has 2 aromatic rings. The SMILES string of the molecule is Cc1cc(Br)cc(S(=O)(=O)N[C@H]2CCO[C@@H]2c2cccnc2)c1. The Labute approximate surface area is 144 Å². The van der Waals surface area contributed by atoms with Gasteiger partial charge >= 0.3 is 0 Å². The fourth-order valence-corrected chi connectivity index (χ4v) is 4.87. The molecule has 122 valence electrons. The fraction of sp³-hybridized carbons (Fsp3) is 0.312. The molecule has 0 spiro atoms. The Kier molecular flexibility index (Phi) is 4.82. The predicted octanol–water partition coefficient (Wildman–Crippen LogP) is 2.96. The molecule has 0 unspecified atom stereocenters. The van der Waals surface area contributed by atoms with Crippen molar-refractivity contribution in [2.75, 3.05) is 6.61 Å². The van der Waals surface area contributed by atoms with E-state index >= 15 is 0 Å². The molecule has 2 atom stereocenters. The number of sulfonamides is 1. The Bertz CT molecular complexity index is 776. The second kappa shape index (κ2) is 6.68. The molecular formula is C16H17BrN2O3S. The number of nitrogens with zero attached hydrogens (tertiary/aromatic N) is 1. The van der Waals surface area contributed by atoms with Gasteiger partial charge in [0, 0.05) is 29.0 Å². The van der Waals surface area contributed by atoms with Gasteiger partial charge in [-0.15, -0.1) is 0 Å². The van der Waals surface area contributed by atoms with E-state index < -0.39 is 10.0 Å². The Hall–Kier alpha value is -1.28. The van der Waals surface area contributed by atoms with Crippen LogP contribution in [-0.4, -0.2) is 26.1 Å². The van der Waals surface area contributed by atoms with Crippen LogP contribution in [0.5, 0.6) is 0 Å². The van der Waals surface area contributed by atoms with Crippen LogP contribution in [0, 0.1) is 6.92 Å². The van der Waals surface area contributed by atoms with Crippen LogP contribution in [0.1, 0.15) is 23.7 Å². The van der Waals surface area contributed by atoms with E-state index in [2.05, 4.69) is 25.6 Å². The first kappa shape index (κ1) is 16.6. The third-order valence-electron chi connectivity index (χ3n) is 3.74. The van der Waals surface area contributed by atoms with E-state index in [1.54, 1.807) is 24.5 Å². The van der Waals surface area contributed by atoms with Crippen molar-refractivity contribution in [1.82, 2.24) is 9.71 Å². The highest BCUT2D eigenvalue weighted by Gasteiger charge is 2.33. The van der Waals surface area contributed by atoms with Crippen molar-refractivity contribution in [3.05, 3.63) is 58.3 Å². The summed E-state index contributed by atoms with van der Waals surface area (Å²) in [7, 11) is -3.61. The highest BCUT2D eigenvalue weighted by atomic mass is 79.9. The first-order chi connectivity index (χ1) is 11.0. The lowest BCUT2D eigenvalue weighted by molar-refractivity contribution is 0.102. The number of halogens is 1. The highest BCUT2D eigenvalue weighted by molar-refractivity contribution is 9.10. The van der Waals surface area contributed by atoms with E-state index in [4.69, 9.17) is 4.74 Å². The summed E-state index contributed by atoms with van der Waals surface area (Å²) in [5.41, 5.74) is 1.76. The zero-order valence-corrected chi connectivity index (χ0v) is 15.0. The number of pyridine rings is 1. The van der Waals surface area contributed by atoms with E-state index in [0.29, 0.717) is 13.0 Å². The molecule has 2 heterocycles. The Morgan fingerprint density at radius 1 is 1.35 bits per heavy atom. The summed E-state index contributed by atoms with van der Waals surface area (Å²) in [6.07, 6.45) is 3.71. The van der Waals surface area contributed by atoms with Crippen LogP contribution in [-0.2, 0) is 14.8 Å². The first-order valence-electron chi connectivity index (χ1n) is 7.27. The maximum Gasteiger partial charge on any atom is 0.240 e. The van der Waals surface area contributed by atoms with Gasteiger partial charge in [0.25, 0.3) is 0 Å². The largest absolute Gasteiger partial charge is 0.372 e. The van der Waals surface area contributed by atoms with Crippen LogP contribution in [0.4, 0.5) is 0 Å². The molecule has 0 amide bonds. The lowest BCUT2D eigenvalue weighted by Crippen LogP contribution is -2.36. The number of hydrogen-bond acceptors (Lipinski definition) is 4. The molecule has 0 aliphatic carbocycles. The van der Waals surface area contributed by atoms with E-state index in [1.165, 1.54) is 0 Å². The minimum absolute atomic E-state index is 0.251. The van der Waals surface area contributed by atoms with E-state index in [-0.39, 0.29) is 17.0 Å². The molecule has 5 nitrogen and oxygen atoms in total. The summed E-state index contributed by atoms with van der Waals surface area (Å²) < 4.78 is 34.6. The summed E-state index contributed by atoms with van der Waals surface area (Å²) in [5.74, 6) is 0. The van der Waals surface area contributed by atoms with Crippen molar-refractivity contribution in [3.63, 3.8) is 0 Å². The molecule has 1 aromatic heterocycles. The fourth-order valence-electron chi connectivity index (χ4n) is 2.71. The van der Waals surface area contributed by atoms with E-state index in [0.717, 1.165) is 15.6 Å². The number of aryl methyl sites for hydroxylation is 1. The average molecular weight is 397 g/mol. The van der Waals surface area contributed by atoms with Crippen molar-refractivity contribution in [3.8, 4) is 0 Å². The summed E-state index contributed by atoms with van der Waals surface area (Å²) in [6.45, 7) is 2.38. The second-order valence-electron chi connectivity index (χ2n) is 5.56. The van der Waals surface area contributed by atoms with Gasteiger partial charge < -0.3 is 4.74 Å². The maximum atomic E-state index is 12.7. The van der Waals surface area contributed by atoms with Crippen LogP contribution in [0.3, 0.4) is 0 Å². The van der Waals surface area contributed by atoms with Crippen molar-refractivity contribution in [2.45, 2.75) is 30.4 Å². The van der Waals surface area contributed by atoms with Gasteiger partial charge in [-0.2, -0.15) is 0 Å². The number of ether oxygens (including phenoxy) is 1. The number of nitrogens with one attached hydrogen (secondary N) is 1. The predicted molar refractivity (Wildman–Crippen MR) is 90.5 cm³/mol. The van der Waals surface area contributed by atoms with Crippen molar-refractivity contribution < 1.29 is 13.2 Å². The molecule has 1 aromatic carbocycles. The molecule has 0 bridgehead atoms. The van der Waals surface area contributed by atoms with Crippen LogP contribution in [0.15, 0.2) is 52.1 Å². The van der Waals surface area contributed by atoms with Gasteiger partial charge in [0.1, 0.15) is 6.10 Å². The van der Waals surface area contributed by atoms with Crippen molar-refractivity contribution in [2.24, 2.45) is 0 Å². The van der Waals surface area contributed by atoms with Gasteiger partial charge in [0.2, 0.25) is 10.0 Å². The Balaban J connectivity index is 1.85. The lowest BCUT2D eigenvalue weighted by atomic mass is 10.1. The highest BCUT2D eigenvalue weighted by Crippen LogP contribution is 2.30. The van der Waals surface area contributed by atoms with Crippen LogP contribution in [0.2, 0.25) is 0 Å². The summed E-state index contributed by atoms with van der Waals surface area (Å²) in [6, 6.07) is 8.54. The van der Waals surface area contributed by atoms with E-state index in [1.807, 2.05) is 25.1 Å². The third-order valence-corrected chi connectivity index (χ3v) is 5.66. The minimum atomic E-state index is -3.61. The molecule has 1 aliphatic heterocycles. The third kappa shape index (κ3) is 3.80. The Morgan fingerprint density at radius 2 is 2.17 bits per heavy atom. The molecule has 1 N–H and O–H groups in total. The summed E-state index contributed by atoms with van der Waals surface area (Å²) >= 11 is 3.34. The topological polar surface area (TPSA) is 68.3 Å². The van der Waals surface area contributed by atoms with Crippen molar-refractivity contribution in [1.29, 1.82) is 0 Å². The Morgan fingerprint density at radius 3 is 2.87 bits per heavy atom. The monoisotopic (exact) mass is 396 g/mol. The minimum Gasteiger partial charge on any atom is -0.372 e. The van der Waals surface area contributed by atoms with Crippen molar-refractivity contribution >= 4 is 26.0 Å². The molecule has 1 saturated heterocycles. The molecule has 1 fully saturated rings. The zero-order chi connectivity index (χ0) is 16.4. The summed E-state index contributed by atoms with van der Waals surface area (Å²) in [5, 5.41) is 0. The number of rotatable bonds is 4. The van der Waals surface area contributed by atoms with E-state index in [9.17, 15) is 8.42 Å². The summed E-state index contributed by atoms with van der Waals surface area (Å²) in [4.78, 5) is 4.33. The average Bonchev–Trinajstić information content (AvgIpc) is 2.94. The molecule has 1 aliphatic rings. The molecule has 0 saturated carbocycles. The molecule has 3 rings (SSSR count). The van der Waals surface area contributed by atoms with Crippen LogP contribution in [0.25, 0.3) is 0 Å². The smallest absolute Gasteiger partial charge is 0.240 e. The van der Waals surface area contributed by atoms with Gasteiger partial charge in [-0.05, 0) is 43.2 Å². The van der Waals surface area contributed by atoms with Gasteiger partial charge in [0.15, 0.2) is 0 Å². The number of benzene rings is 1. The van der Waals surface area contributed by atoms with Gasteiger partial charge in [0.05, 0.1) is 10.9 Å².